The predicted octanol–water partition coefficient (Wildman–Crippen LogP) is 3.83. The Labute approximate surface area is 130 Å². The number of para-hydroxylation sites is 1. The van der Waals surface area contributed by atoms with Gasteiger partial charge in [0.2, 0.25) is 0 Å². The van der Waals surface area contributed by atoms with Crippen LogP contribution in [0, 0.1) is 0 Å². The quantitative estimate of drug-likeness (QED) is 0.789. The smallest absolute Gasteiger partial charge is 0.349 e. The van der Waals surface area contributed by atoms with Crippen LogP contribution >= 0.6 is 0 Å². The van der Waals surface area contributed by atoms with Gasteiger partial charge in [-0.15, -0.1) is 0 Å². The molecule has 22 heavy (non-hydrogen) atoms. The first-order valence-corrected chi connectivity index (χ1v) is 7.85. The fourth-order valence-electron chi connectivity index (χ4n) is 2.58. The Morgan fingerprint density at radius 1 is 1.14 bits per heavy atom. The Hall–Kier alpha value is -2.10. The Kier molecular flexibility index (Phi) is 5.01. The topological polar surface area (TPSA) is 50.5 Å². The molecule has 2 atom stereocenters. The van der Waals surface area contributed by atoms with Crippen LogP contribution in [0.3, 0.4) is 0 Å². The molecule has 1 aromatic heterocycles. The summed E-state index contributed by atoms with van der Waals surface area (Å²) in [4.78, 5) is 26.9. The lowest BCUT2D eigenvalue weighted by atomic mass is 10.1. The minimum atomic E-state index is -0.569. The van der Waals surface area contributed by atoms with Gasteiger partial charge < -0.3 is 9.32 Å². The van der Waals surface area contributed by atoms with Gasteiger partial charge in [-0.05, 0) is 38.8 Å². The Bertz CT molecular complexity index is 710. The minimum absolute atomic E-state index is 0.0771. The number of hydrogen-bond acceptors (Lipinski definition) is 3. The number of amides is 1. The zero-order valence-electron chi connectivity index (χ0n) is 13.6. The summed E-state index contributed by atoms with van der Waals surface area (Å²) in [6, 6.07) is 9.02. The fraction of sp³-hybridized carbons (Fsp3) is 0.444. The van der Waals surface area contributed by atoms with Crippen LogP contribution in [-0.2, 0) is 0 Å². The molecular formula is C18H23NO3. The third-order valence-corrected chi connectivity index (χ3v) is 4.24. The van der Waals surface area contributed by atoms with Gasteiger partial charge in [-0.1, -0.05) is 32.0 Å². The molecule has 1 heterocycles. The van der Waals surface area contributed by atoms with Crippen molar-refractivity contribution in [2.24, 2.45) is 0 Å². The van der Waals surface area contributed by atoms with Crippen LogP contribution < -0.4 is 5.63 Å². The van der Waals surface area contributed by atoms with Crippen LogP contribution in [-0.4, -0.2) is 22.9 Å². The summed E-state index contributed by atoms with van der Waals surface area (Å²) in [6.07, 6.45) is 1.68. The molecule has 1 aromatic carbocycles. The first kappa shape index (κ1) is 16.3. The summed E-state index contributed by atoms with van der Waals surface area (Å²) in [5.74, 6) is -0.247. The molecule has 118 valence electrons. The number of hydrogen-bond donors (Lipinski definition) is 0. The first-order valence-electron chi connectivity index (χ1n) is 7.85. The maximum Gasteiger partial charge on any atom is 0.349 e. The van der Waals surface area contributed by atoms with Crippen molar-refractivity contribution in [3.8, 4) is 0 Å². The summed E-state index contributed by atoms with van der Waals surface area (Å²) < 4.78 is 5.29. The second-order valence-electron chi connectivity index (χ2n) is 5.71. The third-order valence-electron chi connectivity index (χ3n) is 4.24. The minimum Gasteiger partial charge on any atom is -0.422 e. The van der Waals surface area contributed by atoms with E-state index in [4.69, 9.17) is 4.42 Å². The van der Waals surface area contributed by atoms with E-state index in [1.165, 1.54) is 0 Å². The van der Waals surface area contributed by atoms with Gasteiger partial charge in [0, 0.05) is 17.5 Å². The van der Waals surface area contributed by atoms with E-state index in [1.807, 2.05) is 39.8 Å². The molecule has 0 unspecified atom stereocenters. The van der Waals surface area contributed by atoms with Crippen LogP contribution in [0.4, 0.5) is 0 Å². The molecule has 0 bridgehead atoms. The molecule has 4 nitrogen and oxygen atoms in total. The molecule has 0 spiro atoms. The standard InChI is InChI=1S/C18H23NO3/c1-5-12(3)19(13(4)6-2)17(20)15-11-14-9-7-8-10-16(14)22-18(15)21/h7-13H,5-6H2,1-4H3/t12-,13+. The highest BCUT2D eigenvalue weighted by molar-refractivity contribution is 5.97. The van der Waals surface area contributed by atoms with E-state index in [0.29, 0.717) is 5.58 Å². The van der Waals surface area contributed by atoms with Crippen molar-refractivity contribution >= 4 is 16.9 Å². The van der Waals surface area contributed by atoms with Gasteiger partial charge in [0.1, 0.15) is 11.1 Å². The second kappa shape index (κ2) is 6.77. The molecule has 0 aliphatic carbocycles. The summed E-state index contributed by atoms with van der Waals surface area (Å²) in [5.41, 5.74) is 0.0438. The largest absolute Gasteiger partial charge is 0.422 e. The highest BCUT2D eigenvalue weighted by Crippen LogP contribution is 2.18. The molecule has 0 aliphatic heterocycles. The average molecular weight is 301 g/mol. The second-order valence-corrected chi connectivity index (χ2v) is 5.71. The van der Waals surface area contributed by atoms with E-state index in [0.717, 1.165) is 18.2 Å². The van der Waals surface area contributed by atoms with Crippen molar-refractivity contribution in [2.75, 3.05) is 0 Å². The van der Waals surface area contributed by atoms with E-state index in [9.17, 15) is 9.59 Å². The molecule has 0 saturated heterocycles. The van der Waals surface area contributed by atoms with Gasteiger partial charge in [0.15, 0.2) is 0 Å². The summed E-state index contributed by atoms with van der Waals surface area (Å²) in [5, 5.41) is 0.763. The molecule has 0 radical (unpaired) electrons. The van der Waals surface area contributed by atoms with Crippen molar-refractivity contribution in [3.05, 3.63) is 46.3 Å². The number of fused-ring (bicyclic) bond motifs is 1. The van der Waals surface area contributed by atoms with Crippen molar-refractivity contribution in [1.82, 2.24) is 4.90 Å². The monoisotopic (exact) mass is 301 g/mol. The molecule has 1 amide bonds. The predicted molar refractivity (Wildman–Crippen MR) is 88.2 cm³/mol. The van der Waals surface area contributed by atoms with E-state index in [2.05, 4.69) is 0 Å². The molecule has 4 heteroatoms. The van der Waals surface area contributed by atoms with Gasteiger partial charge in [0.05, 0.1) is 0 Å². The summed E-state index contributed by atoms with van der Waals surface area (Å²) in [7, 11) is 0. The summed E-state index contributed by atoms with van der Waals surface area (Å²) >= 11 is 0. The molecule has 0 fully saturated rings. The highest BCUT2D eigenvalue weighted by atomic mass is 16.4. The molecular weight excluding hydrogens is 278 g/mol. The van der Waals surface area contributed by atoms with Crippen LogP contribution in [0.25, 0.3) is 11.0 Å². The Balaban J connectivity index is 2.50. The highest BCUT2D eigenvalue weighted by Gasteiger charge is 2.27. The molecule has 2 rings (SSSR count). The van der Waals surface area contributed by atoms with Crippen molar-refractivity contribution in [2.45, 2.75) is 52.6 Å². The molecule has 0 saturated carbocycles. The van der Waals surface area contributed by atoms with E-state index < -0.39 is 5.63 Å². The van der Waals surface area contributed by atoms with Crippen molar-refractivity contribution < 1.29 is 9.21 Å². The van der Waals surface area contributed by atoms with Gasteiger partial charge in [-0.2, -0.15) is 0 Å². The Morgan fingerprint density at radius 3 is 2.32 bits per heavy atom. The number of nitrogens with zero attached hydrogens (tertiary/aromatic N) is 1. The lowest BCUT2D eigenvalue weighted by Gasteiger charge is -2.33. The molecule has 2 aromatic rings. The average Bonchev–Trinajstić information content (AvgIpc) is 2.53. The Morgan fingerprint density at radius 2 is 1.73 bits per heavy atom. The van der Waals surface area contributed by atoms with Gasteiger partial charge >= 0.3 is 5.63 Å². The van der Waals surface area contributed by atoms with Crippen LogP contribution in [0.5, 0.6) is 0 Å². The number of carbonyl (C=O) groups is 1. The molecule has 0 N–H and O–H groups in total. The van der Waals surface area contributed by atoms with Crippen molar-refractivity contribution in [1.29, 1.82) is 0 Å². The fourth-order valence-corrected chi connectivity index (χ4v) is 2.58. The van der Waals surface area contributed by atoms with Gasteiger partial charge in [-0.3, -0.25) is 4.79 Å². The summed E-state index contributed by atoms with van der Waals surface area (Å²) in [6.45, 7) is 8.09. The van der Waals surface area contributed by atoms with E-state index >= 15 is 0 Å². The van der Waals surface area contributed by atoms with E-state index in [-0.39, 0.29) is 23.6 Å². The SMILES string of the molecule is CC[C@@H](C)N(C(=O)c1cc2ccccc2oc1=O)[C@@H](C)CC. The van der Waals surface area contributed by atoms with Gasteiger partial charge in [-0.25, -0.2) is 4.79 Å². The lowest BCUT2D eigenvalue weighted by Crippen LogP contribution is -2.45. The van der Waals surface area contributed by atoms with Crippen LogP contribution in [0.15, 0.2) is 39.5 Å². The lowest BCUT2D eigenvalue weighted by molar-refractivity contribution is 0.0594. The van der Waals surface area contributed by atoms with E-state index in [1.54, 1.807) is 23.1 Å². The number of carbonyl (C=O) groups excluding carboxylic acids is 1. The van der Waals surface area contributed by atoms with Crippen LogP contribution in [0.1, 0.15) is 50.9 Å². The maximum absolute atomic E-state index is 12.9. The maximum atomic E-state index is 12.9. The first-order chi connectivity index (χ1) is 10.5. The number of rotatable bonds is 5. The van der Waals surface area contributed by atoms with Gasteiger partial charge in [0.25, 0.3) is 5.91 Å². The third kappa shape index (κ3) is 3.06. The molecule has 0 aliphatic rings. The zero-order valence-corrected chi connectivity index (χ0v) is 13.6. The van der Waals surface area contributed by atoms with Crippen molar-refractivity contribution in [3.63, 3.8) is 0 Å². The van der Waals surface area contributed by atoms with Crippen LogP contribution in [0.2, 0.25) is 0 Å². The number of benzene rings is 1. The normalized spacial score (nSPS) is 13.8. The zero-order chi connectivity index (χ0) is 16.3.